The van der Waals surface area contributed by atoms with Crippen LogP contribution in [0.5, 0.6) is 0 Å². The van der Waals surface area contributed by atoms with Gasteiger partial charge in [0.15, 0.2) is 0 Å². The van der Waals surface area contributed by atoms with Crippen LogP contribution in [-0.4, -0.2) is 28.3 Å². The molecule has 1 aliphatic heterocycles. The number of para-hydroxylation sites is 1. The second kappa shape index (κ2) is 7.40. The van der Waals surface area contributed by atoms with Crippen molar-refractivity contribution in [2.45, 2.75) is 26.1 Å². The average Bonchev–Trinajstić information content (AvgIpc) is 3.03. The lowest BCUT2D eigenvalue weighted by atomic mass is 10.0. The van der Waals surface area contributed by atoms with Gasteiger partial charge in [-0.3, -0.25) is 4.90 Å². The van der Waals surface area contributed by atoms with Gasteiger partial charge >= 0.3 is 0 Å². The van der Waals surface area contributed by atoms with Crippen LogP contribution in [0.15, 0.2) is 54.6 Å². The van der Waals surface area contributed by atoms with Gasteiger partial charge in [-0.1, -0.05) is 36.4 Å². The smallest absolute Gasteiger partial charge is 0.127 e. The molecular weight excluding hydrogens is 327 g/mol. The van der Waals surface area contributed by atoms with Crippen molar-refractivity contribution < 1.29 is 4.39 Å². The predicted molar refractivity (Wildman–Crippen MR) is 101 cm³/mol. The summed E-state index contributed by atoms with van der Waals surface area (Å²) in [7, 11) is 1.94. The molecule has 0 unspecified atom stereocenters. The molecule has 1 aliphatic rings. The van der Waals surface area contributed by atoms with E-state index in [4.69, 9.17) is 5.10 Å². The topological polar surface area (TPSA) is 33.1 Å². The van der Waals surface area contributed by atoms with Crippen molar-refractivity contribution in [1.82, 2.24) is 20.0 Å². The monoisotopic (exact) mass is 350 g/mol. The summed E-state index contributed by atoms with van der Waals surface area (Å²) in [4.78, 5) is 2.30. The Morgan fingerprint density at radius 3 is 2.62 bits per heavy atom. The van der Waals surface area contributed by atoms with E-state index in [0.717, 1.165) is 43.0 Å². The van der Waals surface area contributed by atoms with Crippen molar-refractivity contribution >= 4 is 0 Å². The lowest BCUT2D eigenvalue weighted by molar-refractivity contribution is 0.239. The fourth-order valence-electron chi connectivity index (χ4n) is 3.64. The van der Waals surface area contributed by atoms with Crippen molar-refractivity contribution in [2.75, 3.05) is 13.6 Å². The molecule has 4 nitrogen and oxygen atoms in total. The van der Waals surface area contributed by atoms with E-state index in [9.17, 15) is 4.39 Å². The third-order valence-electron chi connectivity index (χ3n) is 4.92. The Bertz CT molecular complexity index is 888. The molecule has 0 amide bonds. The fraction of sp³-hybridized carbons (Fsp3) is 0.286. The Morgan fingerprint density at radius 1 is 1.08 bits per heavy atom. The number of nitrogens with zero attached hydrogens (tertiary/aromatic N) is 3. The van der Waals surface area contributed by atoms with Gasteiger partial charge in [-0.2, -0.15) is 5.10 Å². The molecule has 0 radical (unpaired) electrons. The summed E-state index contributed by atoms with van der Waals surface area (Å²) < 4.78 is 16.1. The van der Waals surface area contributed by atoms with Crippen LogP contribution in [0, 0.1) is 5.82 Å². The highest BCUT2D eigenvalue weighted by atomic mass is 19.1. The average molecular weight is 350 g/mol. The highest BCUT2D eigenvalue weighted by Crippen LogP contribution is 2.26. The molecule has 0 saturated carbocycles. The molecule has 1 aromatic heterocycles. The van der Waals surface area contributed by atoms with E-state index in [0.29, 0.717) is 6.54 Å². The number of fused-ring (bicyclic) bond motifs is 1. The molecule has 1 N–H and O–H groups in total. The van der Waals surface area contributed by atoms with Crippen LogP contribution < -0.4 is 5.32 Å². The highest BCUT2D eigenvalue weighted by molar-refractivity contribution is 5.39. The number of hydrogen-bond acceptors (Lipinski definition) is 3. The molecule has 0 atom stereocenters. The van der Waals surface area contributed by atoms with Crippen LogP contribution in [0.2, 0.25) is 0 Å². The van der Waals surface area contributed by atoms with Gasteiger partial charge in [-0.25, -0.2) is 9.07 Å². The zero-order chi connectivity index (χ0) is 17.9. The molecule has 2 aromatic carbocycles. The first kappa shape index (κ1) is 16.9. The molecule has 4 rings (SSSR count). The van der Waals surface area contributed by atoms with Crippen LogP contribution in [0.4, 0.5) is 4.39 Å². The summed E-state index contributed by atoms with van der Waals surface area (Å²) in [6.07, 6.45) is 0.912. The maximum atomic E-state index is 14.0. The molecule has 5 heteroatoms. The van der Waals surface area contributed by atoms with E-state index >= 15 is 0 Å². The second-order valence-electron chi connectivity index (χ2n) is 6.70. The first-order chi connectivity index (χ1) is 12.8. The number of nitrogens with one attached hydrogen (secondary N) is 1. The fourth-order valence-corrected chi connectivity index (χ4v) is 3.64. The predicted octanol–water partition coefficient (Wildman–Crippen LogP) is 3.29. The summed E-state index contributed by atoms with van der Waals surface area (Å²) in [6, 6.07) is 17.3. The second-order valence-corrected chi connectivity index (χ2v) is 6.70. The van der Waals surface area contributed by atoms with E-state index in [1.54, 1.807) is 6.07 Å². The van der Waals surface area contributed by atoms with E-state index in [1.165, 1.54) is 17.3 Å². The minimum Gasteiger partial charge on any atom is -0.314 e. The van der Waals surface area contributed by atoms with Gasteiger partial charge in [0, 0.05) is 43.7 Å². The number of rotatable bonds is 5. The van der Waals surface area contributed by atoms with Gasteiger partial charge in [-0.05, 0) is 25.2 Å². The van der Waals surface area contributed by atoms with Gasteiger partial charge in [-0.15, -0.1) is 0 Å². The number of halogens is 1. The molecule has 2 heterocycles. The van der Waals surface area contributed by atoms with Crippen molar-refractivity contribution in [3.8, 4) is 5.69 Å². The highest BCUT2D eigenvalue weighted by Gasteiger charge is 2.25. The van der Waals surface area contributed by atoms with E-state index < -0.39 is 0 Å². The number of aromatic nitrogens is 2. The largest absolute Gasteiger partial charge is 0.314 e. The summed E-state index contributed by atoms with van der Waals surface area (Å²) in [5.41, 5.74) is 5.46. The van der Waals surface area contributed by atoms with Crippen LogP contribution in [-0.2, 0) is 26.1 Å². The zero-order valence-electron chi connectivity index (χ0n) is 15.0. The lowest BCUT2D eigenvalue weighted by Crippen LogP contribution is -2.31. The van der Waals surface area contributed by atoms with Gasteiger partial charge < -0.3 is 5.32 Å². The minimum atomic E-state index is -0.131. The number of hydrogen-bond donors (Lipinski definition) is 1. The molecule has 26 heavy (non-hydrogen) atoms. The van der Waals surface area contributed by atoms with E-state index in [2.05, 4.69) is 27.0 Å². The summed E-state index contributed by atoms with van der Waals surface area (Å²) in [6.45, 7) is 3.06. The molecule has 134 valence electrons. The number of benzene rings is 2. The minimum absolute atomic E-state index is 0.131. The third-order valence-corrected chi connectivity index (χ3v) is 4.92. The molecule has 0 bridgehead atoms. The SMILES string of the molecule is CNCc1nn(-c2ccccc2)c2c1CN(Cc1ccccc1F)CC2. The summed E-state index contributed by atoms with van der Waals surface area (Å²) >= 11 is 0. The quantitative estimate of drug-likeness (QED) is 0.767. The lowest BCUT2D eigenvalue weighted by Gasteiger charge is -2.28. The van der Waals surface area contributed by atoms with Gasteiger partial charge in [0.25, 0.3) is 0 Å². The van der Waals surface area contributed by atoms with E-state index in [1.807, 2.05) is 37.4 Å². The van der Waals surface area contributed by atoms with Crippen molar-refractivity contribution in [2.24, 2.45) is 0 Å². The Kier molecular flexibility index (Phi) is 4.82. The molecule has 0 spiro atoms. The first-order valence-electron chi connectivity index (χ1n) is 9.01. The Morgan fingerprint density at radius 2 is 1.85 bits per heavy atom. The third kappa shape index (κ3) is 3.28. The summed E-state index contributed by atoms with van der Waals surface area (Å²) in [5, 5.41) is 8.08. The van der Waals surface area contributed by atoms with Crippen LogP contribution in [0.25, 0.3) is 5.69 Å². The van der Waals surface area contributed by atoms with Crippen molar-refractivity contribution in [3.63, 3.8) is 0 Å². The first-order valence-corrected chi connectivity index (χ1v) is 9.01. The maximum Gasteiger partial charge on any atom is 0.127 e. The standard InChI is InChI=1S/C21H23FN4/c1-23-13-20-18-15-25(14-16-7-5-6-10-19(16)22)12-11-21(18)26(24-20)17-8-3-2-4-9-17/h2-10,23H,11-15H2,1H3. The molecule has 0 saturated heterocycles. The van der Waals surface area contributed by atoms with Crippen LogP contribution in [0.1, 0.15) is 22.5 Å². The van der Waals surface area contributed by atoms with Gasteiger partial charge in [0.05, 0.1) is 17.1 Å². The molecular formula is C21H23FN4. The normalized spacial score (nSPS) is 14.4. The molecule has 3 aromatic rings. The Balaban J connectivity index is 1.64. The van der Waals surface area contributed by atoms with Crippen LogP contribution in [0.3, 0.4) is 0 Å². The van der Waals surface area contributed by atoms with Crippen LogP contribution >= 0.6 is 0 Å². The van der Waals surface area contributed by atoms with Gasteiger partial charge in [0.1, 0.15) is 5.82 Å². The zero-order valence-corrected chi connectivity index (χ0v) is 15.0. The summed E-state index contributed by atoms with van der Waals surface area (Å²) in [5.74, 6) is -0.131. The van der Waals surface area contributed by atoms with Crippen molar-refractivity contribution in [1.29, 1.82) is 0 Å². The van der Waals surface area contributed by atoms with E-state index in [-0.39, 0.29) is 5.82 Å². The molecule has 0 fully saturated rings. The van der Waals surface area contributed by atoms with Crippen molar-refractivity contribution in [3.05, 3.63) is 82.9 Å². The van der Waals surface area contributed by atoms with Gasteiger partial charge in [0.2, 0.25) is 0 Å². The molecule has 0 aliphatic carbocycles. The Hall–Kier alpha value is -2.50. The Labute approximate surface area is 153 Å². The maximum absolute atomic E-state index is 14.0.